The molecule has 0 saturated carbocycles. The Bertz CT molecular complexity index is 873. The van der Waals surface area contributed by atoms with E-state index in [4.69, 9.17) is 21.1 Å². The number of esters is 2. The van der Waals surface area contributed by atoms with Crippen LogP contribution in [0.3, 0.4) is 0 Å². The van der Waals surface area contributed by atoms with E-state index in [0.29, 0.717) is 24.2 Å². The number of hydrogen-bond acceptors (Lipinski definition) is 5. The third-order valence-corrected chi connectivity index (χ3v) is 4.93. The van der Waals surface area contributed by atoms with Crippen LogP contribution in [-0.2, 0) is 14.3 Å². The van der Waals surface area contributed by atoms with Crippen LogP contribution < -0.4 is 0 Å². The van der Waals surface area contributed by atoms with Gasteiger partial charge in [-0.1, -0.05) is 41.9 Å². The molecule has 0 aliphatic heterocycles. The van der Waals surface area contributed by atoms with Gasteiger partial charge in [0.2, 0.25) is 0 Å². The summed E-state index contributed by atoms with van der Waals surface area (Å²) in [7, 11) is 1.32. The SMILES string of the molecule is COC(=O)C1=C(OC(=O)c2c(Cl)cnn2[C@H](C)c2ccccc2)CCCC1. The number of ether oxygens (including phenoxy) is 2. The Balaban J connectivity index is 1.90. The molecule has 7 heteroatoms. The van der Waals surface area contributed by atoms with Gasteiger partial charge < -0.3 is 9.47 Å². The Morgan fingerprint density at radius 2 is 1.85 bits per heavy atom. The number of carbonyl (C=O) groups is 2. The minimum absolute atomic E-state index is 0.162. The molecule has 1 aliphatic rings. The number of hydrogen-bond donors (Lipinski definition) is 0. The van der Waals surface area contributed by atoms with Crippen molar-refractivity contribution >= 4 is 23.5 Å². The van der Waals surface area contributed by atoms with E-state index < -0.39 is 11.9 Å². The fourth-order valence-electron chi connectivity index (χ4n) is 3.19. The summed E-state index contributed by atoms with van der Waals surface area (Å²) in [6.45, 7) is 1.93. The summed E-state index contributed by atoms with van der Waals surface area (Å²) in [5.41, 5.74) is 1.56. The van der Waals surface area contributed by atoms with E-state index in [1.807, 2.05) is 37.3 Å². The number of benzene rings is 1. The van der Waals surface area contributed by atoms with Crippen molar-refractivity contribution in [1.82, 2.24) is 9.78 Å². The first-order chi connectivity index (χ1) is 13.0. The zero-order valence-electron chi connectivity index (χ0n) is 15.3. The third kappa shape index (κ3) is 4.06. The van der Waals surface area contributed by atoms with E-state index in [2.05, 4.69) is 5.10 Å². The minimum Gasteiger partial charge on any atom is -0.466 e. The molecule has 142 valence electrons. The maximum absolute atomic E-state index is 12.9. The van der Waals surface area contributed by atoms with E-state index in [0.717, 1.165) is 18.4 Å². The lowest BCUT2D eigenvalue weighted by Gasteiger charge is -2.20. The van der Waals surface area contributed by atoms with Crippen LogP contribution in [0.4, 0.5) is 0 Å². The van der Waals surface area contributed by atoms with Gasteiger partial charge in [0.25, 0.3) is 0 Å². The summed E-state index contributed by atoms with van der Waals surface area (Å²) in [4.78, 5) is 24.8. The normalized spacial score (nSPS) is 15.4. The molecule has 1 aromatic carbocycles. The number of carbonyl (C=O) groups excluding carboxylic acids is 2. The van der Waals surface area contributed by atoms with Crippen LogP contribution in [0.25, 0.3) is 0 Å². The van der Waals surface area contributed by atoms with E-state index in [9.17, 15) is 9.59 Å². The van der Waals surface area contributed by atoms with E-state index in [-0.39, 0.29) is 16.8 Å². The van der Waals surface area contributed by atoms with E-state index >= 15 is 0 Å². The molecule has 6 nitrogen and oxygen atoms in total. The molecule has 0 saturated heterocycles. The number of allylic oxidation sites excluding steroid dienone is 1. The molecule has 0 amide bonds. The number of nitrogens with zero attached hydrogens (tertiary/aromatic N) is 2. The number of aromatic nitrogens is 2. The van der Waals surface area contributed by atoms with Gasteiger partial charge in [0, 0.05) is 6.42 Å². The molecular weight excluding hydrogens is 368 g/mol. The summed E-state index contributed by atoms with van der Waals surface area (Å²) >= 11 is 6.22. The molecule has 3 rings (SSSR count). The van der Waals surface area contributed by atoms with Crippen molar-refractivity contribution in [2.75, 3.05) is 7.11 Å². The van der Waals surface area contributed by atoms with Gasteiger partial charge in [-0.25, -0.2) is 14.3 Å². The summed E-state index contributed by atoms with van der Waals surface area (Å²) < 4.78 is 11.9. The molecule has 0 unspecified atom stereocenters. The molecule has 0 spiro atoms. The third-order valence-electron chi connectivity index (χ3n) is 4.66. The van der Waals surface area contributed by atoms with Crippen molar-refractivity contribution in [2.45, 2.75) is 38.6 Å². The topological polar surface area (TPSA) is 70.4 Å². The highest BCUT2D eigenvalue weighted by molar-refractivity contribution is 6.33. The first-order valence-corrected chi connectivity index (χ1v) is 9.21. The summed E-state index contributed by atoms with van der Waals surface area (Å²) in [6.07, 6.45) is 4.17. The van der Waals surface area contributed by atoms with Crippen LogP contribution in [0.1, 0.15) is 54.7 Å². The predicted molar refractivity (Wildman–Crippen MR) is 100 cm³/mol. The quantitative estimate of drug-likeness (QED) is 0.714. The minimum atomic E-state index is -0.626. The van der Waals surface area contributed by atoms with Gasteiger partial charge in [-0.2, -0.15) is 5.10 Å². The average molecular weight is 389 g/mol. The van der Waals surface area contributed by atoms with Crippen LogP contribution in [0.5, 0.6) is 0 Å². The second kappa shape index (κ2) is 8.39. The molecule has 0 N–H and O–H groups in total. The van der Waals surface area contributed by atoms with Crippen molar-refractivity contribution < 1.29 is 19.1 Å². The monoisotopic (exact) mass is 388 g/mol. The Morgan fingerprint density at radius 3 is 2.56 bits per heavy atom. The molecule has 1 aromatic heterocycles. The van der Waals surface area contributed by atoms with Crippen molar-refractivity contribution in [2.24, 2.45) is 0 Å². The predicted octanol–water partition coefficient (Wildman–Crippen LogP) is 4.30. The van der Waals surface area contributed by atoms with E-state index in [1.54, 1.807) is 4.68 Å². The van der Waals surface area contributed by atoms with Crippen molar-refractivity contribution in [3.63, 3.8) is 0 Å². The molecule has 2 aromatic rings. The van der Waals surface area contributed by atoms with Gasteiger partial charge in [-0.05, 0) is 31.7 Å². The molecule has 1 heterocycles. The average Bonchev–Trinajstić information content (AvgIpc) is 3.09. The number of rotatable bonds is 5. The summed E-state index contributed by atoms with van der Waals surface area (Å²) in [6, 6.07) is 9.46. The maximum Gasteiger partial charge on any atom is 0.363 e. The first-order valence-electron chi connectivity index (χ1n) is 8.83. The molecule has 1 atom stereocenters. The van der Waals surface area contributed by atoms with Gasteiger partial charge in [0.1, 0.15) is 5.76 Å². The van der Waals surface area contributed by atoms with Crippen LogP contribution in [-0.4, -0.2) is 28.8 Å². The second-order valence-electron chi connectivity index (χ2n) is 6.36. The van der Waals surface area contributed by atoms with Gasteiger partial charge in [-0.15, -0.1) is 0 Å². The zero-order chi connectivity index (χ0) is 19.4. The fourth-order valence-corrected chi connectivity index (χ4v) is 3.40. The number of methoxy groups -OCH3 is 1. The highest BCUT2D eigenvalue weighted by Gasteiger charge is 2.27. The van der Waals surface area contributed by atoms with Crippen molar-refractivity contribution in [1.29, 1.82) is 0 Å². The Kier molecular flexibility index (Phi) is 5.96. The molecule has 1 aliphatic carbocycles. The van der Waals surface area contributed by atoms with Crippen LogP contribution in [0.2, 0.25) is 5.02 Å². The van der Waals surface area contributed by atoms with Gasteiger partial charge in [-0.3, -0.25) is 0 Å². The maximum atomic E-state index is 12.9. The summed E-state index contributed by atoms with van der Waals surface area (Å²) in [5, 5.41) is 4.46. The van der Waals surface area contributed by atoms with Gasteiger partial charge >= 0.3 is 11.9 Å². The lowest BCUT2D eigenvalue weighted by molar-refractivity contribution is -0.136. The van der Waals surface area contributed by atoms with Crippen molar-refractivity contribution in [3.8, 4) is 0 Å². The zero-order valence-corrected chi connectivity index (χ0v) is 16.0. The number of halogens is 1. The first kappa shape index (κ1) is 19.2. The van der Waals surface area contributed by atoms with Crippen LogP contribution >= 0.6 is 11.6 Å². The standard InChI is InChI=1S/C20H21ClN2O4/c1-13(14-8-4-3-5-9-14)23-18(16(21)12-22-23)20(25)27-17-11-7-6-10-15(17)19(24)26-2/h3-5,8-9,12-13H,6-7,10-11H2,1-2H3/t13-/m1/s1. The smallest absolute Gasteiger partial charge is 0.363 e. The largest absolute Gasteiger partial charge is 0.466 e. The van der Waals surface area contributed by atoms with Gasteiger partial charge in [0.05, 0.1) is 29.9 Å². The highest BCUT2D eigenvalue weighted by Crippen LogP contribution is 2.29. The molecule has 27 heavy (non-hydrogen) atoms. The van der Waals surface area contributed by atoms with E-state index in [1.165, 1.54) is 13.3 Å². The Labute approximate surface area is 162 Å². The Morgan fingerprint density at radius 1 is 1.15 bits per heavy atom. The van der Waals surface area contributed by atoms with Crippen LogP contribution in [0, 0.1) is 0 Å². The molecular formula is C20H21ClN2O4. The van der Waals surface area contributed by atoms with Gasteiger partial charge in [0.15, 0.2) is 5.69 Å². The molecule has 0 radical (unpaired) electrons. The van der Waals surface area contributed by atoms with Crippen LogP contribution in [0.15, 0.2) is 47.9 Å². The molecule has 0 bridgehead atoms. The Hall–Kier alpha value is -2.60. The molecule has 0 fully saturated rings. The summed E-state index contributed by atoms with van der Waals surface area (Å²) in [5.74, 6) is -0.734. The highest BCUT2D eigenvalue weighted by atomic mass is 35.5. The lowest BCUT2D eigenvalue weighted by atomic mass is 9.98. The fraction of sp³-hybridized carbons (Fsp3) is 0.350. The lowest BCUT2D eigenvalue weighted by Crippen LogP contribution is -2.20. The van der Waals surface area contributed by atoms with Crippen molar-refractivity contribution in [3.05, 3.63) is 64.1 Å². The second-order valence-corrected chi connectivity index (χ2v) is 6.77.